The van der Waals surface area contributed by atoms with Gasteiger partial charge in [-0.25, -0.2) is 0 Å². The SMILES string of the molecule is CN(CC1CCCN1)c1ccc([N+](=O)[O-])c(I)c1. The number of halogens is 1. The van der Waals surface area contributed by atoms with Gasteiger partial charge in [0, 0.05) is 31.4 Å². The lowest BCUT2D eigenvalue weighted by atomic mass is 10.2. The van der Waals surface area contributed by atoms with Crippen molar-refractivity contribution in [2.24, 2.45) is 0 Å². The van der Waals surface area contributed by atoms with Crippen LogP contribution in [-0.4, -0.2) is 31.1 Å². The first-order valence-corrected chi connectivity index (χ1v) is 7.04. The van der Waals surface area contributed by atoms with Crippen LogP contribution in [0.4, 0.5) is 11.4 Å². The van der Waals surface area contributed by atoms with Crippen molar-refractivity contribution in [3.63, 3.8) is 0 Å². The fourth-order valence-corrected chi connectivity index (χ4v) is 2.93. The molecule has 1 atom stereocenters. The standard InChI is InChI=1S/C12H16IN3O2/c1-15(8-9-3-2-6-14-9)10-4-5-12(16(17)18)11(13)7-10/h4-5,7,9,14H,2-3,6,8H2,1H3. The van der Waals surface area contributed by atoms with Gasteiger partial charge in [0.05, 0.1) is 8.49 Å². The quantitative estimate of drug-likeness (QED) is 0.508. The summed E-state index contributed by atoms with van der Waals surface area (Å²) in [5.74, 6) is 0. The third-order valence-corrected chi connectivity index (χ3v) is 4.09. The summed E-state index contributed by atoms with van der Waals surface area (Å²) in [6.07, 6.45) is 2.44. The molecule has 98 valence electrons. The lowest BCUT2D eigenvalue weighted by Gasteiger charge is -2.23. The van der Waals surface area contributed by atoms with Crippen molar-refractivity contribution >= 4 is 34.0 Å². The van der Waals surface area contributed by atoms with E-state index in [0.717, 1.165) is 18.8 Å². The Bertz CT molecular complexity index is 447. The first-order chi connectivity index (χ1) is 8.58. The first-order valence-electron chi connectivity index (χ1n) is 5.96. The van der Waals surface area contributed by atoms with Gasteiger partial charge >= 0.3 is 0 Å². The zero-order valence-electron chi connectivity index (χ0n) is 10.2. The summed E-state index contributed by atoms with van der Waals surface area (Å²) in [5.41, 5.74) is 1.20. The van der Waals surface area contributed by atoms with Crippen LogP contribution in [-0.2, 0) is 0 Å². The maximum atomic E-state index is 10.8. The maximum Gasteiger partial charge on any atom is 0.282 e. The molecule has 6 heteroatoms. The van der Waals surface area contributed by atoms with Crippen LogP contribution in [0, 0.1) is 13.7 Å². The van der Waals surface area contributed by atoms with Crippen LogP contribution in [0.15, 0.2) is 18.2 Å². The zero-order chi connectivity index (χ0) is 13.1. The second-order valence-corrected chi connectivity index (χ2v) is 5.73. The van der Waals surface area contributed by atoms with E-state index < -0.39 is 0 Å². The van der Waals surface area contributed by atoms with Gasteiger partial charge in [0.2, 0.25) is 0 Å². The summed E-state index contributed by atoms with van der Waals surface area (Å²) in [7, 11) is 2.03. The highest BCUT2D eigenvalue weighted by Gasteiger charge is 2.18. The number of hydrogen-bond acceptors (Lipinski definition) is 4. The minimum Gasteiger partial charge on any atom is -0.373 e. The minimum absolute atomic E-state index is 0.173. The number of anilines is 1. The summed E-state index contributed by atoms with van der Waals surface area (Å²) in [6.45, 7) is 2.03. The summed E-state index contributed by atoms with van der Waals surface area (Å²) < 4.78 is 0.682. The van der Waals surface area contributed by atoms with Crippen LogP contribution >= 0.6 is 22.6 Å². The van der Waals surface area contributed by atoms with Crippen molar-refractivity contribution < 1.29 is 4.92 Å². The second-order valence-electron chi connectivity index (χ2n) is 4.57. The molecule has 0 amide bonds. The third kappa shape index (κ3) is 3.11. The minimum atomic E-state index is -0.343. The molecular weight excluding hydrogens is 345 g/mol. The highest BCUT2D eigenvalue weighted by molar-refractivity contribution is 14.1. The number of nitrogens with zero attached hydrogens (tertiary/aromatic N) is 2. The van der Waals surface area contributed by atoms with Crippen molar-refractivity contribution in [1.82, 2.24) is 5.32 Å². The normalized spacial score (nSPS) is 18.9. The molecule has 0 aliphatic carbocycles. The van der Waals surface area contributed by atoms with E-state index in [1.807, 2.05) is 41.8 Å². The highest BCUT2D eigenvalue weighted by Crippen LogP contribution is 2.26. The van der Waals surface area contributed by atoms with E-state index in [1.54, 1.807) is 6.07 Å². The fourth-order valence-electron chi connectivity index (χ4n) is 2.23. The Morgan fingerprint density at radius 3 is 2.94 bits per heavy atom. The monoisotopic (exact) mass is 361 g/mol. The van der Waals surface area contributed by atoms with E-state index in [1.165, 1.54) is 12.8 Å². The fraction of sp³-hybridized carbons (Fsp3) is 0.500. The topological polar surface area (TPSA) is 58.4 Å². The summed E-state index contributed by atoms with van der Waals surface area (Å²) in [4.78, 5) is 12.6. The van der Waals surface area contributed by atoms with Gasteiger partial charge < -0.3 is 10.2 Å². The number of nitrogens with one attached hydrogen (secondary N) is 1. The molecule has 0 radical (unpaired) electrons. The van der Waals surface area contributed by atoms with Crippen molar-refractivity contribution in [2.45, 2.75) is 18.9 Å². The molecule has 0 bridgehead atoms. The zero-order valence-corrected chi connectivity index (χ0v) is 12.4. The molecule has 1 aromatic carbocycles. The lowest BCUT2D eigenvalue weighted by Crippen LogP contribution is -2.35. The average molecular weight is 361 g/mol. The molecule has 0 spiro atoms. The molecule has 1 saturated heterocycles. The van der Waals surface area contributed by atoms with Gasteiger partial charge in [-0.1, -0.05) is 0 Å². The van der Waals surface area contributed by atoms with E-state index in [-0.39, 0.29) is 10.6 Å². The molecule has 1 aromatic rings. The number of nitro benzene ring substituents is 1. The van der Waals surface area contributed by atoms with Crippen LogP contribution in [0.25, 0.3) is 0 Å². The Kier molecular flexibility index (Phi) is 4.39. The van der Waals surface area contributed by atoms with Crippen molar-refractivity contribution in [3.05, 3.63) is 31.9 Å². The number of nitro groups is 1. The maximum absolute atomic E-state index is 10.8. The van der Waals surface area contributed by atoms with Gasteiger partial charge in [-0.2, -0.15) is 0 Å². The van der Waals surface area contributed by atoms with E-state index in [0.29, 0.717) is 9.61 Å². The molecule has 18 heavy (non-hydrogen) atoms. The van der Waals surface area contributed by atoms with Crippen LogP contribution in [0.3, 0.4) is 0 Å². The molecule has 1 heterocycles. The van der Waals surface area contributed by atoms with E-state index >= 15 is 0 Å². The lowest BCUT2D eigenvalue weighted by molar-refractivity contribution is -0.385. The molecule has 5 nitrogen and oxygen atoms in total. The molecule has 1 unspecified atom stereocenters. The van der Waals surface area contributed by atoms with Gasteiger partial charge in [-0.3, -0.25) is 10.1 Å². The predicted molar refractivity (Wildman–Crippen MR) is 80.1 cm³/mol. The van der Waals surface area contributed by atoms with Crippen LogP contribution in [0.5, 0.6) is 0 Å². The van der Waals surface area contributed by atoms with Gasteiger partial charge in [0.1, 0.15) is 0 Å². The van der Waals surface area contributed by atoms with E-state index in [9.17, 15) is 10.1 Å². The largest absolute Gasteiger partial charge is 0.373 e. The Morgan fingerprint density at radius 2 is 2.39 bits per heavy atom. The number of benzene rings is 1. The molecule has 0 saturated carbocycles. The number of likely N-dealkylation sites (N-methyl/N-ethyl adjacent to an activating group) is 1. The van der Waals surface area contributed by atoms with Crippen LogP contribution in [0.2, 0.25) is 0 Å². The van der Waals surface area contributed by atoms with Crippen molar-refractivity contribution in [3.8, 4) is 0 Å². The molecule has 0 aromatic heterocycles. The summed E-state index contributed by atoms with van der Waals surface area (Å²) >= 11 is 2.02. The summed E-state index contributed by atoms with van der Waals surface area (Å²) in [5, 5.41) is 14.2. The van der Waals surface area contributed by atoms with Crippen molar-refractivity contribution in [2.75, 3.05) is 25.0 Å². The first kappa shape index (κ1) is 13.5. The predicted octanol–water partition coefficient (Wildman–Crippen LogP) is 2.39. The van der Waals surface area contributed by atoms with Crippen LogP contribution < -0.4 is 10.2 Å². The van der Waals surface area contributed by atoms with Gasteiger partial charge in [0.25, 0.3) is 5.69 Å². The molecule has 1 aliphatic heterocycles. The van der Waals surface area contributed by atoms with Gasteiger partial charge in [0.15, 0.2) is 0 Å². The van der Waals surface area contributed by atoms with E-state index in [2.05, 4.69) is 10.2 Å². The molecule has 2 rings (SSSR count). The van der Waals surface area contributed by atoms with Gasteiger partial charge in [-0.05, 0) is 54.1 Å². The van der Waals surface area contributed by atoms with Crippen molar-refractivity contribution in [1.29, 1.82) is 0 Å². The Balaban J connectivity index is 2.08. The van der Waals surface area contributed by atoms with Crippen LogP contribution in [0.1, 0.15) is 12.8 Å². The Labute approximate surface area is 120 Å². The number of hydrogen-bond donors (Lipinski definition) is 1. The summed E-state index contributed by atoms with van der Waals surface area (Å²) in [6, 6.07) is 5.79. The average Bonchev–Trinajstić information content (AvgIpc) is 2.81. The Morgan fingerprint density at radius 1 is 1.61 bits per heavy atom. The molecule has 1 N–H and O–H groups in total. The van der Waals surface area contributed by atoms with Gasteiger partial charge in [-0.15, -0.1) is 0 Å². The third-order valence-electron chi connectivity index (χ3n) is 3.23. The second kappa shape index (κ2) is 5.83. The number of rotatable bonds is 4. The smallest absolute Gasteiger partial charge is 0.282 e. The molecule has 1 fully saturated rings. The highest BCUT2D eigenvalue weighted by atomic mass is 127. The molecular formula is C12H16IN3O2. The van der Waals surface area contributed by atoms with E-state index in [4.69, 9.17) is 0 Å². The molecule has 1 aliphatic rings. The Hall–Kier alpha value is -0.890.